The van der Waals surface area contributed by atoms with Gasteiger partial charge in [-0.15, -0.1) is 0 Å². The fourth-order valence-electron chi connectivity index (χ4n) is 4.50. The van der Waals surface area contributed by atoms with Gasteiger partial charge in [-0.25, -0.2) is 18.1 Å². The van der Waals surface area contributed by atoms with Gasteiger partial charge in [0.25, 0.3) is 0 Å². The number of benzene rings is 1. The third kappa shape index (κ3) is 2.60. The van der Waals surface area contributed by atoms with E-state index in [1.807, 2.05) is 0 Å². The average Bonchev–Trinajstić information content (AvgIpc) is 3.41. The van der Waals surface area contributed by atoms with Gasteiger partial charge >= 0.3 is 6.03 Å². The highest BCUT2D eigenvalue weighted by Crippen LogP contribution is 2.41. The van der Waals surface area contributed by atoms with E-state index in [1.165, 1.54) is 6.20 Å². The van der Waals surface area contributed by atoms with Crippen molar-refractivity contribution >= 4 is 27.3 Å². The van der Waals surface area contributed by atoms with Crippen LogP contribution in [0.25, 0.3) is 0 Å². The molecule has 2 aromatic rings. The van der Waals surface area contributed by atoms with Crippen LogP contribution in [-0.2, 0) is 41.9 Å². The molecule has 5 rings (SSSR count). The zero-order valence-electron chi connectivity index (χ0n) is 15.3. The monoisotopic (exact) mass is 404 g/mol. The van der Waals surface area contributed by atoms with Crippen molar-refractivity contribution in [3.8, 4) is 5.88 Å². The molecule has 2 aliphatic carbocycles. The van der Waals surface area contributed by atoms with E-state index in [1.54, 1.807) is 4.68 Å². The number of aromatic nitrogens is 2. The number of nitrogens with zero attached hydrogens (tertiary/aromatic N) is 2. The van der Waals surface area contributed by atoms with Crippen LogP contribution in [0.15, 0.2) is 11.1 Å². The highest BCUT2D eigenvalue weighted by Gasteiger charge is 2.30. The predicted octanol–water partition coefficient (Wildman–Crippen LogP) is 2.20. The third-order valence-corrected chi connectivity index (χ3v) is 7.23. The van der Waals surface area contributed by atoms with Gasteiger partial charge in [0.05, 0.1) is 22.4 Å². The lowest BCUT2D eigenvalue weighted by atomic mass is 9.98. The number of hydrogen-bond acceptors (Lipinski definition) is 4. The largest absolute Gasteiger partial charge is 0.475 e. The molecule has 1 unspecified atom stereocenters. The molecule has 1 aliphatic heterocycles. The van der Waals surface area contributed by atoms with Crippen molar-refractivity contribution in [2.24, 2.45) is 0 Å². The molecule has 0 fully saturated rings. The van der Waals surface area contributed by atoms with Gasteiger partial charge in [-0.05, 0) is 66.6 Å². The molecular weight excluding hydrogens is 383 g/mol. The van der Waals surface area contributed by atoms with Crippen LogP contribution in [0, 0.1) is 5.82 Å². The zero-order chi connectivity index (χ0) is 19.5. The summed E-state index contributed by atoms with van der Waals surface area (Å²) in [4.78, 5) is 13.0. The average molecular weight is 404 g/mol. The van der Waals surface area contributed by atoms with Gasteiger partial charge in [0.15, 0.2) is 0 Å². The van der Waals surface area contributed by atoms with E-state index >= 15 is 0 Å². The van der Waals surface area contributed by atoms with Crippen LogP contribution in [0.2, 0.25) is 0 Å². The molecule has 1 aromatic heterocycles. The van der Waals surface area contributed by atoms with Crippen molar-refractivity contribution in [1.82, 2.24) is 14.5 Å². The fourth-order valence-corrected chi connectivity index (χ4v) is 5.62. The first kappa shape index (κ1) is 17.5. The van der Waals surface area contributed by atoms with Gasteiger partial charge in [-0.1, -0.05) is 0 Å². The Morgan fingerprint density at radius 2 is 1.82 bits per heavy atom. The number of hydrogen-bond donors (Lipinski definition) is 2. The molecule has 148 valence electrons. The summed E-state index contributed by atoms with van der Waals surface area (Å²) in [6, 6.07) is -0.618. The number of halogens is 1. The number of carbonyl (C=O) groups is 1. The third-order valence-electron chi connectivity index (χ3n) is 5.72. The van der Waals surface area contributed by atoms with Crippen LogP contribution in [-0.4, -0.2) is 32.5 Å². The van der Waals surface area contributed by atoms with E-state index in [0.29, 0.717) is 48.7 Å². The van der Waals surface area contributed by atoms with Crippen molar-refractivity contribution in [3.05, 3.63) is 34.3 Å². The van der Waals surface area contributed by atoms with Crippen LogP contribution < -0.4 is 14.8 Å². The molecule has 0 radical (unpaired) electrons. The fraction of sp³-hybridized carbons (Fsp3) is 0.421. The van der Waals surface area contributed by atoms with Crippen molar-refractivity contribution in [2.75, 3.05) is 11.9 Å². The van der Waals surface area contributed by atoms with Crippen molar-refractivity contribution in [2.45, 2.75) is 50.0 Å². The molecule has 9 heteroatoms. The second kappa shape index (κ2) is 6.23. The molecule has 2 heterocycles. The first-order valence-corrected chi connectivity index (χ1v) is 11.2. The number of amides is 2. The van der Waals surface area contributed by atoms with Gasteiger partial charge < -0.3 is 10.1 Å². The lowest BCUT2D eigenvalue weighted by Gasteiger charge is -2.18. The van der Waals surface area contributed by atoms with Crippen LogP contribution in [0.1, 0.15) is 35.1 Å². The molecule has 7 nitrogen and oxygen atoms in total. The minimum Gasteiger partial charge on any atom is -0.475 e. The van der Waals surface area contributed by atoms with Gasteiger partial charge in [0, 0.05) is 5.69 Å². The Balaban J connectivity index is 1.44. The second-order valence-corrected chi connectivity index (χ2v) is 9.42. The molecule has 2 amide bonds. The Bertz CT molecular complexity index is 1070. The van der Waals surface area contributed by atoms with Crippen LogP contribution in [0.3, 0.4) is 0 Å². The summed E-state index contributed by atoms with van der Waals surface area (Å²) in [5, 5.41) is 6.97. The maximum Gasteiger partial charge on any atom is 0.330 e. The molecule has 0 saturated carbocycles. The minimum absolute atomic E-state index is 0.0977. The number of fused-ring (bicyclic) bond motifs is 3. The Labute approximate surface area is 162 Å². The Hall–Kier alpha value is -2.55. The summed E-state index contributed by atoms with van der Waals surface area (Å²) >= 11 is 0. The van der Waals surface area contributed by atoms with Gasteiger partial charge in [0.1, 0.15) is 17.3 Å². The van der Waals surface area contributed by atoms with Crippen LogP contribution in [0.5, 0.6) is 5.88 Å². The highest BCUT2D eigenvalue weighted by molar-refractivity contribution is 7.99. The van der Waals surface area contributed by atoms with Crippen molar-refractivity contribution in [3.63, 3.8) is 0 Å². The molecule has 0 bridgehead atoms. The molecule has 28 heavy (non-hydrogen) atoms. The molecular formula is C19H21FN4O3S. The summed E-state index contributed by atoms with van der Waals surface area (Å²) in [5.74, 6) is 3.97. The summed E-state index contributed by atoms with van der Waals surface area (Å²) in [7, 11) is -3.14. The van der Waals surface area contributed by atoms with E-state index in [0.717, 1.165) is 36.8 Å². The predicted molar refractivity (Wildman–Crippen MR) is 104 cm³/mol. The van der Waals surface area contributed by atoms with Gasteiger partial charge in [0.2, 0.25) is 5.88 Å². The summed E-state index contributed by atoms with van der Waals surface area (Å²) in [5.41, 5.74) is 3.87. The summed E-state index contributed by atoms with van der Waals surface area (Å²) in [6.07, 6.45) is 6.01. The molecule has 2 N–H and O–H groups in total. The first-order chi connectivity index (χ1) is 13.5. The van der Waals surface area contributed by atoms with Gasteiger partial charge in [-0.2, -0.15) is 5.10 Å². The number of carbonyl (C=O) groups excluding carboxylic acids is 1. The van der Waals surface area contributed by atoms with Crippen LogP contribution in [0.4, 0.5) is 14.9 Å². The Morgan fingerprint density at radius 3 is 2.50 bits per heavy atom. The lowest BCUT2D eigenvalue weighted by molar-refractivity contribution is 0.257. The quantitative estimate of drug-likeness (QED) is 0.768. The lowest BCUT2D eigenvalue weighted by Crippen LogP contribution is -2.35. The Morgan fingerprint density at radius 1 is 1.18 bits per heavy atom. The number of urea groups is 1. The summed E-state index contributed by atoms with van der Waals surface area (Å²) < 4.78 is 37.4. The van der Waals surface area contributed by atoms with Crippen LogP contribution >= 0.6 is 0 Å². The smallest absolute Gasteiger partial charge is 0.330 e. The molecule has 0 saturated heterocycles. The molecule has 1 aromatic carbocycles. The minimum atomic E-state index is -3.14. The zero-order valence-corrected chi connectivity index (χ0v) is 16.2. The topological polar surface area (TPSA) is 85.3 Å². The van der Waals surface area contributed by atoms with E-state index in [2.05, 4.69) is 21.0 Å². The first-order valence-electron chi connectivity index (χ1n) is 9.45. The van der Waals surface area contributed by atoms with Gasteiger partial charge in [-0.3, -0.25) is 4.72 Å². The standard InChI is InChI=1S/C19H21FN4O3S/c1-28(26,15-10-21-24-8-9-27-18(15)24)23-19(25)22-17-13-6-2-4-11(13)16(20)12-5-3-7-14(12)17/h10H,1-9H2,(H2,22,23,25,26). The number of nitrogens with one attached hydrogen (secondary N) is 2. The number of anilines is 1. The van der Waals surface area contributed by atoms with Crippen molar-refractivity contribution < 1.29 is 18.1 Å². The van der Waals surface area contributed by atoms with E-state index < -0.39 is 15.7 Å². The molecule has 3 aliphatic rings. The van der Waals surface area contributed by atoms with E-state index in [4.69, 9.17) is 4.74 Å². The SMILES string of the molecule is C=S(=O)(NC(=O)Nc1c2c(c(F)c3c1CCC3)CCC2)c1cnn2c1OCC2. The maximum atomic E-state index is 14.8. The normalized spacial score (nSPS) is 18.8. The van der Waals surface area contributed by atoms with E-state index in [-0.39, 0.29) is 10.7 Å². The highest BCUT2D eigenvalue weighted by atomic mass is 32.2. The Kier molecular flexibility index (Phi) is 3.90. The number of rotatable bonds is 3. The second-order valence-electron chi connectivity index (χ2n) is 7.43. The maximum absolute atomic E-state index is 14.8. The van der Waals surface area contributed by atoms with Crippen molar-refractivity contribution in [1.29, 1.82) is 0 Å². The molecule has 1 atom stereocenters. The molecule has 0 spiro atoms. The van der Waals surface area contributed by atoms with E-state index in [9.17, 15) is 13.4 Å². The number of ether oxygens (including phenoxy) is 1. The summed E-state index contributed by atoms with van der Waals surface area (Å²) in [6.45, 7) is 1.02.